The van der Waals surface area contributed by atoms with E-state index in [1.54, 1.807) is 19.1 Å². The van der Waals surface area contributed by atoms with Crippen LogP contribution in [0.2, 0.25) is 0 Å². The summed E-state index contributed by atoms with van der Waals surface area (Å²) in [6, 6.07) is 4.80. The van der Waals surface area contributed by atoms with E-state index >= 15 is 0 Å². The zero-order valence-corrected chi connectivity index (χ0v) is 11.6. The fourth-order valence-corrected chi connectivity index (χ4v) is 2.67. The van der Waals surface area contributed by atoms with Crippen molar-refractivity contribution < 1.29 is 14.7 Å². The second-order valence-electron chi connectivity index (χ2n) is 5.77. The highest BCUT2D eigenvalue weighted by atomic mass is 16.4. The zero-order valence-electron chi connectivity index (χ0n) is 11.6. The number of rotatable bonds is 2. The Morgan fingerprint density at radius 2 is 1.84 bits per heavy atom. The Morgan fingerprint density at radius 1 is 1.21 bits per heavy atom. The summed E-state index contributed by atoms with van der Waals surface area (Å²) in [6.45, 7) is 6.64. The van der Waals surface area contributed by atoms with Gasteiger partial charge in [-0.1, -0.05) is 0 Å². The highest BCUT2D eigenvalue weighted by molar-refractivity contribution is 5.98. The van der Waals surface area contributed by atoms with Gasteiger partial charge in [-0.05, 0) is 57.4 Å². The van der Waals surface area contributed by atoms with Gasteiger partial charge >= 0.3 is 5.97 Å². The van der Waals surface area contributed by atoms with E-state index in [-0.39, 0.29) is 17.0 Å². The van der Waals surface area contributed by atoms with E-state index < -0.39 is 5.97 Å². The molecule has 0 spiro atoms. The molecule has 1 heterocycles. The van der Waals surface area contributed by atoms with Crippen molar-refractivity contribution in [3.63, 3.8) is 0 Å². The summed E-state index contributed by atoms with van der Waals surface area (Å²) >= 11 is 0. The summed E-state index contributed by atoms with van der Waals surface area (Å²) in [5.41, 5.74) is 1.28. The number of aromatic carboxylic acids is 1. The van der Waals surface area contributed by atoms with Crippen molar-refractivity contribution in [1.82, 2.24) is 4.90 Å². The largest absolute Gasteiger partial charge is 0.478 e. The molecule has 0 saturated carbocycles. The summed E-state index contributed by atoms with van der Waals surface area (Å²) in [5, 5.41) is 9.06. The maximum atomic E-state index is 12.5. The van der Waals surface area contributed by atoms with Crippen LogP contribution in [0.1, 0.15) is 53.0 Å². The quantitative estimate of drug-likeness (QED) is 0.890. The monoisotopic (exact) mass is 261 g/mol. The van der Waals surface area contributed by atoms with Crippen molar-refractivity contribution in [3.8, 4) is 0 Å². The average Bonchev–Trinajstić information content (AvgIpc) is 2.67. The molecule has 1 saturated heterocycles. The number of carbonyl (C=O) groups is 2. The van der Waals surface area contributed by atoms with Crippen LogP contribution < -0.4 is 0 Å². The summed E-state index contributed by atoms with van der Waals surface area (Å²) in [4.78, 5) is 25.4. The summed E-state index contributed by atoms with van der Waals surface area (Å²) in [6.07, 6.45) is 1.98. The fourth-order valence-electron chi connectivity index (χ4n) is 2.67. The Bertz CT molecular complexity index is 534. The Morgan fingerprint density at radius 3 is 2.37 bits per heavy atom. The number of carboxylic acid groups (broad SMARTS) is 1. The summed E-state index contributed by atoms with van der Waals surface area (Å²) in [5.74, 6) is -1.08. The standard InChI is InChI=1S/C15H19NO3/c1-10-7-11(9-12(8-10)14(18)19)13(17)16-6-4-5-15(16,2)3/h7-9H,4-6H2,1-3H3,(H,18,19). The molecule has 1 aromatic carbocycles. The van der Waals surface area contributed by atoms with E-state index in [0.717, 1.165) is 24.9 Å². The number of benzene rings is 1. The molecule has 0 unspecified atom stereocenters. The van der Waals surface area contributed by atoms with Gasteiger partial charge in [0, 0.05) is 17.6 Å². The van der Waals surface area contributed by atoms with Crippen molar-refractivity contribution >= 4 is 11.9 Å². The third-order valence-electron chi connectivity index (χ3n) is 3.72. The first kappa shape index (κ1) is 13.6. The fraction of sp³-hybridized carbons (Fsp3) is 0.467. The number of hydrogen-bond acceptors (Lipinski definition) is 2. The molecule has 1 aliphatic heterocycles. The van der Waals surface area contributed by atoms with E-state index in [9.17, 15) is 9.59 Å². The number of nitrogens with zero attached hydrogens (tertiary/aromatic N) is 1. The van der Waals surface area contributed by atoms with Crippen LogP contribution in [-0.2, 0) is 0 Å². The molecular weight excluding hydrogens is 242 g/mol. The van der Waals surface area contributed by atoms with Crippen LogP contribution in [0, 0.1) is 6.92 Å². The molecule has 0 aliphatic carbocycles. The zero-order chi connectivity index (χ0) is 14.2. The van der Waals surface area contributed by atoms with Gasteiger partial charge in [-0.15, -0.1) is 0 Å². The van der Waals surface area contributed by atoms with Crippen LogP contribution in [0.25, 0.3) is 0 Å². The topological polar surface area (TPSA) is 57.6 Å². The summed E-state index contributed by atoms with van der Waals surface area (Å²) in [7, 11) is 0. The first-order valence-electron chi connectivity index (χ1n) is 6.48. The predicted octanol–water partition coefficient (Wildman–Crippen LogP) is 2.71. The minimum absolute atomic E-state index is 0.0753. The maximum Gasteiger partial charge on any atom is 0.335 e. The molecule has 4 nitrogen and oxygen atoms in total. The number of hydrogen-bond donors (Lipinski definition) is 1. The van der Waals surface area contributed by atoms with Crippen molar-refractivity contribution in [3.05, 3.63) is 34.9 Å². The van der Waals surface area contributed by atoms with E-state index in [0.29, 0.717) is 5.56 Å². The molecule has 1 aliphatic rings. The molecule has 0 radical (unpaired) electrons. The van der Waals surface area contributed by atoms with E-state index in [1.807, 2.05) is 18.7 Å². The molecule has 2 rings (SSSR count). The van der Waals surface area contributed by atoms with Crippen LogP contribution in [0.4, 0.5) is 0 Å². The second kappa shape index (κ2) is 4.68. The smallest absolute Gasteiger partial charge is 0.335 e. The Labute approximate surface area is 113 Å². The summed E-state index contributed by atoms with van der Waals surface area (Å²) < 4.78 is 0. The van der Waals surface area contributed by atoms with Gasteiger partial charge in [0.05, 0.1) is 5.56 Å². The van der Waals surface area contributed by atoms with E-state index in [1.165, 1.54) is 6.07 Å². The third-order valence-corrected chi connectivity index (χ3v) is 3.72. The minimum atomic E-state index is -1.00. The Hall–Kier alpha value is -1.84. The van der Waals surface area contributed by atoms with Gasteiger partial charge in [0.1, 0.15) is 0 Å². The lowest BCUT2D eigenvalue weighted by atomic mass is 10.00. The molecule has 4 heteroatoms. The number of carboxylic acids is 1. The first-order valence-corrected chi connectivity index (χ1v) is 6.48. The van der Waals surface area contributed by atoms with Gasteiger partial charge in [0.25, 0.3) is 5.91 Å². The Kier molecular flexibility index (Phi) is 3.35. The van der Waals surface area contributed by atoms with Crippen LogP contribution in [0.5, 0.6) is 0 Å². The molecule has 0 bridgehead atoms. The molecule has 1 aromatic rings. The lowest BCUT2D eigenvalue weighted by Crippen LogP contribution is -2.42. The van der Waals surface area contributed by atoms with Gasteiger partial charge in [-0.25, -0.2) is 4.79 Å². The average molecular weight is 261 g/mol. The number of aryl methyl sites for hydroxylation is 1. The number of likely N-dealkylation sites (tertiary alicyclic amines) is 1. The van der Waals surface area contributed by atoms with Crippen molar-refractivity contribution in [2.24, 2.45) is 0 Å². The van der Waals surface area contributed by atoms with Crippen molar-refractivity contribution in [2.45, 2.75) is 39.2 Å². The lowest BCUT2D eigenvalue weighted by molar-refractivity contribution is 0.0652. The van der Waals surface area contributed by atoms with Gasteiger partial charge in [0.15, 0.2) is 0 Å². The molecule has 1 amide bonds. The molecule has 1 N–H and O–H groups in total. The van der Waals surface area contributed by atoms with Crippen LogP contribution >= 0.6 is 0 Å². The number of amides is 1. The molecular formula is C15H19NO3. The van der Waals surface area contributed by atoms with Crippen LogP contribution in [0.15, 0.2) is 18.2 Å². The van der Waals surface area contributed by atoms with Gasteiger partial charge in [-0.2, -0.15) is 0 Å². The number of carbonyl (C=O) groups excluding carboxylic acids is 1. The maximum absolute atomic E-state index is 12.5. The Balaban J connectivity index is 2.36. The predicted molar refractivity (Wildman–Crippen MR) is 72.5 cm³/mol. The van der Waals surface area contributed by atoms with Gasteiger partial charge < -0.3 is 10.0 Å². The van der Waals surface area contributed by atoms with E-state index in [2.05, 4.69) is 0 Å². The molecule has 0 atom stereocenters. The molecule has 102 valence electrons. The molecule has 1 fully saturated rings. The van der Waals surface area contributed by atoms with E-state index in [4.69, 9.17) is 5.11 Å². The lowest BCUT2D eigenvalue weighted by Gasteiger charge is -2.31. The minimum Gasteiger partial charge on any atom is -0.478 e. The second-order valence-corrected chi connectivity index (χ2v) is 5.77. The highest BCUT2D eigenvalue weighted by Crippen LogP contribution is 2.30. The normalized spacial score (nSPS) is 17.5. The highest BCUT2D eigenvalue weighted by Gasteiger charge is 2.35. The first-order chi connectivity index (χ1) is 8.81. The van der Waals surface area contributed by atoms with Gasteiger partial charge in [-0.3, -0.25) is 4.79 Å². The van der Waals surface area contributed by atoms with Crippen LogP contribution in [0.3, 0.4) is 0 Å². The SMILES string of the molecule is Cc1cc(C(=O)O)cc(C(=O)N2CCCC2(C)C)c1. The van der Waals surface area contributed by atoms with Crippen molar-refractivity contribution in [1.29, 1.82) is 0 Å². The molecule has 19 heavy (non-hydrogen) atoms. The molecule has 0 aromatic heterocycles. The third kappa shape index (κ3) is 2.62. The van der Waals surface area contributed by atoms with Crippen LogP contribution in [-0.4, -0.2) is 34.0 Å². The van der Waals surface area contributed by atoms with Crippen molar-refractivity contribution in [2.75, 3.05) is 6.54 Å². The van der Waals surface area contributed by atoms with Gasteiger partial charge in [0.2, 0.25) is 0 Å².